The molecule has 0 aliphatic rings. The molecule has 0 saturated heterocycles. The Morgan fingerprint density at radius 3 is 2.86 bits per heavy atom. The Hall–Kier alpha value is -2.40. The van der Waals surface area contributed by atoms with Gasteiger partial charge in [0.1, 0.15) is 17.8 Å². The zero-order chi connectivity index (χ0) is 15.5. The van der Waals surface area contributed by atoms with Gasteiger partial charge in [0, 0.05) is 24.8 Å². The standard InChI is InChI=1S/C17H20N4O/c1-3-21(7-8-22)17-15-14(10-18-16(15)19-11-20-17)13-6-4-5-12(2)9-13/h4-6,9-11,22H,3,7-8H2,1-2H3,(H,18,19,20). The van der Waals surface area contributed by atoms with E-state index in [1.807, 2.05) is 6.20 Å². The summed E-state index contributed by atoms with van der Waals surface area (Å²) < 4.78 is 0. The molecule has 2 aromatic heterocycles. The van der Waals surface area contributed by atoms with E-state index in [9.17, 15) is 5.11 Å². The van der Waals surface area contributed by atoms with E-state index in [0.717, 1.165) is 34.5 Å². The number of aliphatic hydroxyl groups is 1. The number of aliphatic hydroxyl groups excluding tert-OH is 1. The molecule has 3 rings (SSSR count). The number of benzene rings is 1. The van der Waals surface area contributed by atoms with Crippen molar-refractivity contribution in [3.8, 4) is 11.1 Å². The Labute approximate surface area is 129 Å². The summed E-state index contributed by atoms with van der Waals surface area (Å²) in [4.78, 5) is 14.1. The minimum absolute atomic E-state index is 0.101. The number of H-pyrrole nitrogens is 1. The van der Waals surface area contributed by atoms with Crippen LogP contribution in [0.25, 0.3) is 22.2 Å². The number of likely N-dealkylation sites (N-methyl/N-ethyl adjacent to an activating group) is 1. The largest absolute Gasteiger partial charge is 0.395 e. The highest BCUT2D eigenvalue weighted by atomic mass is 16.3. The van der Waals surface area contributed by atoms with Crippen LogP contribution in [0.4, 0.5) is 5.82 Å². The summed E-state index contributed by atoms with van der Waals surface area (Å²) in [6.07, 6.45) is 3.54. The van der Waals surface area contributed by atoms with Gasteiger partial charge in [0.2, 0.25) is 0 Å². The molecule has 0 radical (unpaired) electrons. The molecule has 114 valence electrons. The van der Waals surface area contributed by atoms with Gasteiger partial charge in [-0.15, -0.1) is 0 Å². The van der Waals surface area contributed by atoms with Crippen molar-refractivity contribution in [2.24, 2.45) is 0 Å². The van der Waals surface area contributed by atoms with Crippen LogP contribution in [-0.4, -0.2) is 39.8 Å². The predicted molar refractivity (Wildman–Crippen MR) is 89.0 cm³/mol. The van der Waals surface area contributed by atoms with Crippen LogP contribution in [0.1, 0.15) is 12.5 Å². The first-order valence-electron chi connectivity index (χ1n) is 7.49. The van der Waals surface area contributed by atoms with Crippen molar-refractivity contribution in [2.45, 2.75) is 13.8 Å². The highest BCUT2D eigenvalue weighted by molar-refractivity contribution is 6.01. The monoisotopic (exact) mass is 296 g/mol. The molecule has 22 heavy (non-hydrogen) atoms. The summed E-state index contributed by atoms with van der Waals surface area (Å²) in [6.45, 7) is 5.58. The number of anilines is 1. The second-order valence-corrected chi connectivity index (χ2v) is 5.30. The number of nitrogens with zero attached hydrogens (tertiary/aromatic N) is 3. The van der Waals surface area contributed by atoms with E-state index in [0.29, 0.717) is 6.54 Å². The quantitative estimate of drug-likeness (QED) is 0.760. The van der Waals surface area contributed by atoms with Crippen LogP contribution in [0.15, 0.2) is 36.8 Å². The molecule has 2 heterocycles. The fourth-order valence-electron chi connectivity index (χ4n) is 2.76. The van der Waals surface area contributed by atoms with Gasteiger partial charge in [-0.2, -0.15) is 0 Å². The van der Waals surface area contributed by atoms with E-state index < -0.39 is 0 Å². The van der Waals surface area contributed by atoms with Crippen LogP contribution in [0.5, 0.6) is 0 Å². The first kappa shape index (κ1) is 14.5. The third kappa shape index (κ3) is 2.55. The van der Waals surface area contributed by atoms with Crippen molar-refractivity contribution in [3.05, 3.63) is 42.4 Å². The lowest BCUT2D eigenvalue weighted by atomic mass is 10.0. The van der Waals surface area contributed by atoms with Gasteiger partial charge in [0.05, 0.1) is 12.0 Å². The molecule has 0 spiro atoms. The maximum absolute atomic E-state index is 9.28. The lowest BCUT2D eigenvalue weighted by Gasteiger charge is -2.21. The Balaban J connectivity index is 2.20. The average Bonchev–Trinajstić information content (AvgIpc) is 2.97. The Kier molecular flexibility index (Phi) is 4.06. The zero-order valence-corrected chi connectivity index (χ0v) is 12.9. The predicted octanol–water partition coefficient (Wildman–Crippen LogP) is 2.75. The van der Waals surface area contributed by atoms with Crippen molar-refractivity contribution >= 4 is 16.9 Å². The molecule has 5 nitrogen and oxygen atoms in total. The number of aryl methyl sites for hydroxylation is 1. The lowest BCUT2D eigenvalue weighted by molar-refractivity contribution is 0.302. The molecule has 0 fully saturated rings. The van der Waals surface area contributed by atoms with Gasteiger partial charge >= 0.3 is 0 Å². The van der Waals surface area contributed by atoms with Crippen molar-refractivity contribution in [3.63, 3.8) is 0 Å². The van der Waals surface area contributed by atoms with Gasteiger partial charge < -0.3 is 15.0 Å². The summed E-state index contributed by atoms with van der Waals surface area (Å²) in [5.41, 5.74) is 4.26. The molecule has 0 amide bonds. The molecule has 0 unspecified atom stereocenters. The second-order valence-electron chi connectivity index (χ2n) is 5.30. The van der Waals surface area contributed by atoms with Crippen LogP contribution < -0.4 is 4.90 Å². The smallest absolute Gasteiger partial charge is 0.143 e. The van der Waals surface area contributed by atoms with Crippen molar-refractivity contribution in [1.29, 1.82) is 0 Å². The third-order valence-electron chi connectivity index (χ3n) is 3.83. The van der Waals surface area contributed by atoms with Crippen molar-refractivity contribution in [1.82, 2.24) is 15.0 Å². The number of nitrogens with one attached hydrogen (secondary N) is 1. The van der Waals surface area contributed by atoms with Gasteiger partial charge in [-0.3, -0.25) is 0 Å². The van der Waals surface area contributed by atoms with E-state index >= 15 is 0 Å². The minimum atomic E-state index is 0.101. The molecule has 0 saturated carbocycles. The Bertz CT molecular complexity index is 781. The van der Waals surface area contributed by atoms with Crippen molar-refractivity contribution in [2.75, 3.05) is 24.6 Å². The van der Waals surface area contributed by atoms with Gasteiger partial charge in [-0.1, -0.05) is 29.8 Å². The van der Waals surface area contributed by atoms with E-state index in [1.54, 1.807) is 6.33 Å². The molecule has 1 aromatic carbocycles. The first-order chi connectivity index (χ1) is 10.7. The normalized spacial score (nSPS) is 11.0. The van der Waals surface area contributed by atoms with Crippen LogP contribution >= 0.6 is 0 Å². The highest BCUT2D eigenvalue weighted by Gasteiger charge is 2.16. The average molecular weight is 296 g/mol. The van der Waals surface area contributed by atoms with E-state index in [2.05, 4.69) is 58.0 Å². The molecule has 2 N–H and O–H groups in total. The van der Waals surface area contributed by atoms with E-state index in [1.165, 1.54) is 5.56 Å². The lowest BCUT2D eigenvalue weighted by Crippen LogP contribution is -2.27. The fraction of sp³-hybridized carbons (Fsp3) is 0.294. The maximum atomic E-state index is 9.28. The summed E-state index contributed by atoms with van der Waals surface area (Å²) in [5.74, 6) is 0.860. The number of aromatic amines is 1. The molecular formula is C17H20N4O. The zero-order valence-electron chi connectivity index (χ0n) is 12.9. The molecule has 0 aliphatic heterocycles. The van der Waals surface area contributed by atoms with Gasteiger partial charge in [0.15, 0.2) is 0 Å². The summed E-state index contributed by atoms with van der Waals surface area (Å²) in [6, 6.07) is 8.38. The Morgan fingerprint density at radius 1 is 1.27 bits per heavy atom. The van der Waals surface area contributed by atoms with Gasteiger partial charge in [0.25, 0.3) is 0 Å². The number of aromatic nitrogens is 3. The Morgan fingerprint density at radius 2 is 2.14 bits per heavy atom. The molecule has 0 aliphatic carbocycles. The molecule has 5 heteroatoms. The fourth-order valence-corrected chi connectivity index (χ4v) is 2.76. The molecule has 3 aromatic rings. The van der Waals surface area contributed by atoms with Gasteiger partial charge in [-0.05, 0) is 19.4 Å². The van der Waals surface area contributed by atoms with Crippen LogP contribution in [-0.2, 0) is 0 Å². The van der Waals surface area contributed by atoms with Crippen LogP contribution in [0.2, 0.25) is 0 Å². The number of rotatable bonds is 5. The van der Waals surface area contributed by atoms with Gasteiger partial charge in [-0.25, -0.2) is 9.97 Å². The summed E-state index contributed by atoms with van der Waals surface area (Å²) in [5, 5.41) is 10.3. The van der Waals surface area contributed by atoms with Crippen molar-refractivity contribution < 1.29 is 5.11 Å². The van der Waals surface area contributed by atoms with E-state index in [4.69, 9.17) is 0 Å². The highest BCUT2D eigenvalue weighted by Crippen LogP contribution is 2.33. The SMILES string of the molecule is CCN(CCO)c1ncnc2[nH]cc(-c3cccc(C)c3)c12. The third-order valence-corrected chi connectivity index (χ3v) is 3.83. The van der Waals surface area contributed by atoms with Crippen LogP contribution in [0.3, 0.4) is 0 Å². The first-order valence-corrected chi connectivity index (χ1v) is 7.49. The number of fused-ring (bicyclic) bond motifs is 1. The topological polar surface area (TPSA) is 65.0 Å². The number of hydrogen-bond acceptors (Lipinski definition) is 4. The number of hydrogen-bond donors (Lipinski definition) is 2. The van der Waals surface area contributed by atoms with Crippen LogP contribution in [0, 0.1) is 6.92 Å². The summed E-state index contributed by atoms with van der Waals surface area (Å²) in [7, 11) is 0. The second kappa shape index (κ2) is 6.15. The molecule has 0 atom stereocenters. The minimum Gasteiger partial charge on any atom is -0.395 e. The maximum Gasteiger partial charge on any atom is 0.143 e. The van der Waals surface area contributed by atoms with E-state index in [-0.39, 0.29) is 6.61 Å². The summed E-state index contributed by atoms with van der Waals surface area (Å²) >= 11 is 0. The molecule has 0 bridgehead atoms. The molecular weight excluding hydrogens is 276 g/mol.